The van der Waals surface area contributed by atoms with Crippen LogP contribution in [0.5, 0.6) is 0 Å². The van der Waals surface area contributed by atoms with E-state index >= 15 is 0 Å². The summed E-state index contributed by atoms with van der Waals surface area (Å²) in [5.74, 6) is 0. The van der Waals surface area contributed by atoms with Gasteiger partial charge in [0.2, 0.25) is 0 Å². The number of aliphatic hydroxyl groups is 1. The van der Waals surface area contributed by atoms with Gasteiger partial charge < -0.3 is 5.11 Å². The molecule has 0 spiro atoms. The number of hydrogen-bond donors (Lipinski definition) is 1. The molecule has 0 bridgehead atoms. The second kappa shape index (κ2) is 4.18. The quantitative estimate of drug-likeness (QED) is 0.775. The molecule has 0 aliphatic carbocycles. The van der Waals surface area contributed by atoms with Crippen LogP contribution in [0.2, 0.25) is 0 Å². The number of halogens is 1. The molecule has 0 aromatic carbocycles. The van der Waals surface area contributed by atoms with Crippen LogP contribution in [-0.2, 0) is 7.05 Å². The van der Waals surface area contributed by atoms with Crippen LogP contribution >= 0.6 is 15.9 Å². The van der Waals surface area contributed by atoms with E-state index in [2.05, 4.69) is 31.1 Å². The van der Waals surface area contributed by atoms with Crippen molar-refractivity contribution in [3.8, 4) is 0 Å². The molecule has 7 heteroatoms. The molecule has 3 heterocycles. The zero-order valence-electron chi connectivity index (χ0n) is 9.53. The molecule has 0 saturated heterocycles. The summed E-state index contributed by atoms with van der Waals surface area (Å²) >= 11 is 3.38. The molecule has 18 heavy (non-hydrogen) atoms. The normalized spacial score (nSPS) is 13.1. The summed E-state index contributed by atoms with van der Waals surface area (Å²) in [6.45, 7) is 0. The first kappa shape index (κ1) is 11.4. The largest absolute Gasteiger partial charge is 0.382 e. The van der Waals surface area contributed by atoms with E-state index < -0.39 is 6.10 Å². The fraction of sp³-hybridized carbons (Fsp3) is 0.182. The maximum absolute atomic E-state index is 10.5. The van der Waals surface area contributed by atoms with Gasteiger partial charge in [-0.25, -0.2) is 4.52 Å². The van der Waals surface area contributed by atoms with E-state index in [0.29, 0.717) is 11.3 Å². The highest BCUT2D eigenvalue weighted by Gasteiger charge is 2.21. The lowest BCUT2D eigenvalue weighted by atomic mass is 10.1. The summed E-state index contributed by atoms with van der Waals surface area (Å²) in [5.41, 5.74) is 2.17. The molecule has 0 aliphatic heterocycles. The lowest BCUT2D eigenvalue weighted by molar-refractivity contribution is 0.210. The number of fused-ring (bicyclic) bond motifs is 1. The van der Waals surface area contributed by atoms with Crippen molar-refractivity contribution in [2.75, 3.05) is 0 Å². The molecule has 0 saturated carbocycles. The lowest BCUT2D eigenvalue weighted by Gasteiger charge is -2.10. The van der Waals surface area contributed by atoms with Crippen molar-refractivity contribution in [1.82, 2.24) is 24.4 Å². The summed E-state index contributed by atoms with van der Waals surface area (Å²) in [7, 11) is 1.78. The third kappa shape index (κ3) is 1.63. The summed E-state index contributed by atoms with van der Waals surface area (Å²) in [6.07, 6.45) is 7.56. The van der Waals surface area contributed by atoms with Crippen LogP contribution in [-0.4, -0.2) is 29.5 Å². The van der Waals surface area contributed by atoms with Gasteiger partial charge in [0.05, 0.1) is 34.3 Å². The highest BCUT2D eigenvalue weighted by Crippen LogP contribution is 2.29. The maximum Gasteiger partial charge on any atom is 0.125 e. The van der Waals surface area contributed by atoms with Crippen molar-refractivity contribution >= 4 is 21.4 Å². The van der Waals surface area contributed by atoms with Crippen LogP contribution in [0.3, 0.4) is 0 Å². The van der Waals surface area contributed by atoms with Gasteiger partial charge >= 0.3 is 0 Å². The summed E-state index contributed by atoms with van der Waals surface area (Å²) in [6, 6.07) is 0. The van der Waals surface area contributed by atoms with Crippen molar-refractivity contribution in [3.63, 3.8) is 0 Å². The summed E-state index contributed by atoms with van der Waals surface area (Å²) in [5, 5.41) is 18.7. The van der Waals surface area contributed by atoms with Crippen LogP contribution < -0.4 is 0 Å². The van der Waals surface area contributed by atoms with Crippen LogP contribution in [0.4, 0.5) is 0 Å². The Morgan fingerprint density at radius 3 is 2.83 bits per heavy atom. The number of aromatic nitrogens is 5. The molecule has 3 aromatic rings. The highest BCUT2D eigenvalue weighted by atomic mass is 79.9. The molecule has 92 valence electrons. The minimum atomic E-state index is -0.798. The molecule has 3 aromatic heterocycles. The first-order valence-corrected chi connectivity index (χ1v) is 6.10. The van der Waals surface area contributed by atoms with E-state index in [1.54, 1.807) is 47.2 Å². The van der Waals surface area contributed by atoms with Crippen LogP contribution in [0, 0.1) is 0 Å². The Morgan fingerprint density at radius 2 is 2.11 bits per heavy atom. The van der Waals surface area contributed by atoms with Gasteiger partial charge in [-0.2, -0.15) is 10.2 Å². The Kier molecular flexibility index (Phi) is 2.64. The number of aliphatic hydroxyl groups excluding tert-OH is 1. The molecule has 6 nitrogen and oxygen atoms in total. The van der Waals surface area contributed by atoms with Gasteiger partial charge in [0.25, 0.3) is 0 Å². The summed E-state index contributed by atoms with van der Waals surface area (Å²) < 4.78 is 4.07. The molecular formula is C11H10BrN5O. The van der Waals surface area contributed by atoms with Crippen LogP contribution in [0.15, 0.2) is 35.5 Å². The molecular weight excluding hydrogens is 298 g/mol. The number of nitrogens with zero attached hydrogens (tertiary/aromatic N) is 5. The third-order valence-corrected chi connectivity index (χ3v) is 3.46. The van der Waals surface area contributed by atoms with E-state index in [0.717, 1.165) is 9.99 Å². The molecule has 0 radical (unpaired) electrons. The molecule has 1 N–H and O–H groups in total. The van der Waals surface area contributed by atoms with Gasteiger partial charge in [-0.05, 0) is 15.9 Å². The molecule has 0 amide bonds. The average molecular weight is 308 g/mol. The minimum Gasteiger partial charge on any atom is -0.382 e. The first-order chi connectivity index (χ1) is 8.68. The monoisotopic (exact) mass is 307 g/mol. The third-order valence-electron chi connectivity index (χ3n) is 2.85. The number of hydrogen-bond acceptors (Lipinski definition) is 4. The zero-order valence-corrected chi connectivity index (χ0v) is 11.1. The van der Waals surface area contributed by atoms with Crippen molar-refractivity contribution in [2.45, 2.75) is 6.10 Å². The van der Waals surface area contributed by atoms with Gasteiger partial charge in [0.15, 0.2) is 0 Å². The van der Waals surface area contributed by atoms with Gasteiger partial charge in [0.1, 0.15) is 6.10 Å². The Labute approximate surface area is 111 Å². The van der Waals surface area contributed by atoms with Crippen molar-refractivity contribution in [1.29, 1.82) is 0 Å². The van der Waals surface area contributed by atoms with E-state index in [1.165, 1.54) is 0 Å². The van der Waals surface area contributed by atoms with E-state index in [4.69, 9.17) is 0 Å². The average Bonchev–Trinajstić information content (AvgIpc) is 2.93. The maximum atomic E-state index is 10.5. The van der Waals surface area contributed by atoms with E-state index in [9.17, 15) is 5.11 Å². The van der Waals surface area contributed by atoms with Gasteiger partial charge in [-0.1, -0.05) is 0 Å². The van der Waals surface area contributed by atoms with E-state index in [-0.39, 0.29) is 0 Å². The smallest absolute Gasteiger partial charge is 0.125 e. The standard InChI is InChI=1S/C11H10BrN5O/c1-16-10(8(12)5-14-16)11(18)7-4-15-17-3-2-13-6-9(7)17/h2-6,11,18H,1H3. The molecule has 1 unspecified atom stereocenters. The number of rotatable bonds is 2. The Hall–Kier alpha value is -1.73. The first-order valence-electron chi connectivity index (χ1n) is 5.31. The van der Waals surface area contributed by atoms with Gasteiger partial charge in [-0.15, -0.1) is 0 Å². The Balaban J connectivity index is 2.15. The molecule has 0 fully saturated rings. The Morgan fingerprint density at radius 1 is 1.28 bits per heavy atom. The highest BCUT2D eigenvalue weighted by molar-refractivity contribution is 9.10. The minimum absolute atomic E-state index is 0.689. The fourth-order valence-electron chi connectivity index (χ4n) is 1.94. The van der Waals surface area contributed by atoms with Gasteiger partial charge in [0, 0.05) is 25.0 Å². The second-order valence-corrected chi connectivity index (χ2v) is 4.76. The van der Waals surface area contributed by atoms with Crippen molar-refractivity contribution in [3.05, 3.63) is 46.7 Å². The van der Waals surface area contributed by atoms with Crippen molar-refractivity contribution in [2.24, 2.45) is 7.05 Å². The second-order valence-electron chi connectivity index (χ2n) is 3.91. The molecule has 1 atom stereocenters. The fourth-order valence-corrected chi connectivity index (χ4v) is 2.50. The molecule has 0 aliphatic rings. The predicted octanol–water partition coefficient (Wildman–Crippen LogP) is 1.31. The Bertz CT molecular complexity index is 685. The summed E-state index contributed by atoms with van der Waals surface area (Å²) in [4.78, 5) is 4.05. The number of aryl methyl sites for hydroxylation is 1. The van der Waals surface area contributed by atoms with Crippen LogP contribution in [0.25, 0.3) is 5.52 Å². The lowest BCUT2D eigenvalue weighted by Crippen LogP contribution is -2.07. The van der Waals surface area contributed by atoms with Gasteiger partial charge in [-0.3, -0.25) is 9.67 Å². The zero-order chi connectivity index (χ0) is 12.7. The topological polar surface area (TPSA) is 68.2 Å². The van der Waals surface area contributed by atoms with Crippen LogP contribution in [0.1, 0.15) is 17.4 Å². The molecule has 3 rings (SSSR count). The predicted molar refractivity (Wildman–Crippen MR) is 68.0 cm³/mol. The van der Waals surface area contributed by atoms with Crippen molar-refractivity contribution < 1.29 is 5.11 Å². The van der Waals surface area contributed by atoms with E-state index in [1.807, 2.05) is 0 Å². The SMILES string of the molecule is Cn1ncc(Br)c1C(O)c1cnn2ccncc12.